The molecule has 2 N–H and O–H groups in total. The molecule has 0 unspecified atom stereocenters. The number of methoxy groups -OCH3 is 1. The summed E-state index contributed by atoms with van der Waals surface area (Å²) < 4.78 is 6.57. The largest absolute Gasteiger partial charge is 0.507 e. The summed E-state index contributed by atoms with van der Waals surface area (Å²) in [5, 5.41) is 20.6. The molecule has 6 nitrogen and oxygen atoms in total. The summed E-state index contributed by atoms with van der Waals surface area (Å²) in [5.74, 6) is 0.0489. The number of aromatic nitrogens is 2. The highest BCUT2D eigenvalue weighted by Gasteiger charge is 2.19. The molecule has 134 valence electrons. The first-order valence-electron chi connectivity index (χ1n) is 8.27. The first-order chi connectivity index (χ1) is 13.1. The fraction of sp³-hybridized carbons (Fsp3) is 0.0476. The summed E-state index contributed by atoms with van der Waals surface area (Å²) in [6.45, 7) is 0. The molecule has 0 fully saturated rings. The van der Waals surface area contributed by atoms with E-state index in [-0.39, 0.29) is 11.5 Å². The van der Waals surface area contributed by atoms with Crippen LogP contribution in [0.1, 0.15) is 10.4 Å². The van der Waals surface area contributed by atoms with E-state index in [0.717, 1.165) is 5.52 Å². The molecule has 27 heavy (non-hydrogen) atoms. The zero-order chi connectivity index (χ0) is 19.0. The van der Waals surface area contributed by atoms with Gasteiger partial charge in [-0.2, -0.15) is 0 Å². The van der Waals surface area contributed by atoms with Gasteiger partial charge in [-0.1, -0.05) is 18.2 Å². The molecule has 0 spiro atoms. The summed E-state index contributed by atoms with van der Waals surface area (Å²) in [7, 11) is 1.30. The minimum atomic E-state index is -0.502. The van der Waals surface area contributed by atoms with Crippen LogP contribution in [-0.4, -0.2) is 32.7 Å². The zero-order valence-electron chi connectivity index (χ0n) is 14.5. The lowest BCUT2D eigenvalue weighted by atomic mass is 10.1. The minimum Gasteiger partial charge on any atom is -0.507 e. The number of para-hydroxylation sites is 1. The van der Waals surface area contributed by atoms with Crippen molar-refractivity contribution in [2.75, 3.05) is 7.11 Å². The van der Waals surface area contributed by atoms with Gasteiger partial charge in [-0.05, 0) is 42.5 Å². The summed E-state index contributed by atoms with van der Waals surface area (Å²) in [4.78, 5) is 16.5. The lowest BCUT2D eigenvalue weighted by molar-refractivity contribution is 0.0601. The maximum Gasteiger partial charge on any atom is 0.337 e. The van der Waals surface area contributed by atoms with Gasteiger partial charge in [-0.25, -0.2) is 9.78 Å². The fourth-order valence-electron chi connectivity index (χ4n) is 3.06. The van der Waals surface area contributed by atoms with E-state index in [1.165, 1.54) is 25.3 Å². The molecule has 0 radical (unpaired) electrons. The second-order valence-corrected chi connectivity index (χ2v) is 5.98. The van der Waals surface area contributed by atoms with Gasteiger partial charge in [0.1, 0.15) is 23.0 Å². The van der Waals surface area contributed by atoms with E-state index in [0.29, 0.717) is 28.2 Å². The van der Waals surface area contributed by atoms with Crippen molar-refractivity contribution < 1.29 is 19.7 Å². The first-order valence-corrected chi connectivity index (χ1v) is 8.27. The number of aromatic hydroxyl groups is 2. The van der Waals surface area contributed by atoms with Crippen molar-refractivity contribution in [2.24, 2.45) is 0 Å². The van der Waals surface area contributed by atoms with Crippen molar-refractivity contribution in [3.05, 3.63) is 72.4 Å². The number of rotatable bonds is 3. The standard InChI is InChI=1S/C21H16N2O4/c1-27-21(26)13-9-10-18(25)15(12-13)20-22-19(14-6-2-3-8-17(14)24)16-7-4-5-11-23(16)20/h2-12,24-25H,1H3. The Balaban J connectivity index is 2.00. The van der Waals surface area contributed by atoms with Crippen molar-refractivity contribution in [2.45, 2.75) is 0 Å². The van der Waals surface area contributed by atoms with Crippen LogP contribution >= 0.6 is 0 Å². The number of ether oxygens (including phenoxy) is 1. The molecule has 4 rings (SSSR count). The van der Waals surface area contributed by atoms with E-state index < -0.39 is 5.97 Å². The van der Waals surface area contributed by atoms with Gasteiger partial charge in [0, 0.05) is 11.8 Å². The highest BCUT2D eigenvalue weighted by molar-refractivity contribution is 5.92. The predicted molar refractivity (Wildman–Crippen MR) is 101 cm³/mol. The van der Waals surface area contributed by atoms with Gasteiger partial charge in [0.25, 0.3) is 0 Å². The van der Waals surface area contributed by atoms with Crippen LogP contribution in [0.4, 0.5) is 0 Å². The molecule has 6 heteroatoms. The quantitative estimate of drug-likeness (QED) is 0.542. The van der Waals surface area contributed by atoms with Gasteiger partial charge in [-0.3, -0.25) is 4.40 Å². The Morgan fingerprint density at radius 3 is 2.48 bits per heavy atom. The molecule has 0 saturated heterocycles. The van der Waals surface area contributed by atoms with E-state index in [1.807, 2.05) is 30.5 Å². The number of hydrogen-bond donors (Lipinski definition) is 2. The number of pyridine rings is 1. The number of esters is 1. The second-order valence-electron chi connectivity index (χ2n) is 5.98. The third-order valence-corrected chi connectivity index (χ3v) is 4.37. The molecule has 0 amide bonds. The van der Waals surface area contributed by atoms with Crippen molar-refractivity contribution in [1.29, 1.82) is 0 Å². The average molecular weight is 360 g/mol. The highest BCUT2D eigenvalue weighted by Crippen LogP contribution is 2.37. The molecule has 0 bridgehead atoms. The summed E-state index contributed by atoms with van der Waals surface area (Å²) in [6.07, 6.45) is 1.81. The van der Waals surface area contributed by atoms with E-state index in [1.54, 1.807) is 22.6 Å². The Morgan fingerprint density at radius 2 is 1.70 bits per heavy atom. The third kappa shape index (κ3) is 2.77. The topological polar surface area (TPSA) is 84.1 Å². The first kappa shape index (κ1) is 16.7. The lowest BCUT2D eigenvalue weighted by Crippen LogP contribution is -2.01. The molecular formula is C21H16N2O4. The third-order valence-electron chi connectivity index (χ3n) is 4.37. The van der Waals surface area contributed by atoms with Crippen LogP contribution in [0.25, 0.3) is 28.2 Å². The number of phenols is 2. The smallest absolute Gasteiger partial charge is 0.337 e. The maximum absolute atomic E-state index is 11.9. The maximum atomic E-state index is 11.9. The van der Waals surface area contributed by atoms with Crippen molar-refractivity contribution >= 4 is 11.5 Å². The Labute approximate surface area is 154 Å². The van der Waals surface area contributed by atoms with Crippen LogP contribution < -0.4 is 0 Å². The van der Waals surface area contributed by atoms with E-state index >= 15 is 0 Å². The van der Waals surface area contributed by atoms with Gasteiger partial charge >= 0.3 is 5.97 Å². The van der Waals surface area contributed by atoms with Crippen LogP contribution in [0.15, 0.2) is 66.9 Å². The molecular weight excluding hydrogens is 344 g/mol. The fourth-order valence-corrected chi connectivity index (χ4v) is 3.06. The molecule has 2 heterocycles. The van der Waals surface area contributed by atoms with Gasteiger partial charge < -0.3 is 14.9 Å². The normalized spacial score (nSPS) is 10.9. The Kier molecular flexibility index (Phi) is 4.01. The molecule has 4 aromatic rings. The van der Waals surface area contributed by atoms with Gasteiger partial charge in [-0.15, -0.1) is 0 Å². The number of hydrogen-bond acceptors (Lipinski definition) is 5. The lowest BCUT2D eigenvalue weighted by Gasteiger charge is -2.06. The monoisotopic (exact) mass is 360 g/mol. The summed E-state index contributed by atoms with van der Waals surface area (Å²) in [5.41, 5.74) is 2.61. The molecule has 2 aromatic carbocycles. The summed E-state index contributed by atoms with van der Waals surface area (Å²) >= 11 is 0. The van der Waals surface area contributed by atoms with Crippen LogP contribution in [0.2, 0.25) is 0 Å². The highest BCUT2D eigenvalue weighted by atomic mass is 16.5. The molecule has 0 aliphatic rings. The molecule has 0 aliphatic heterocycles. The van der Waals surface area contributed by atoms with E-state index in [9.17, 15) is 15.0 Å². The van der Waals surface area contributed by atoms with E-state index in [4.69, 9.17) is 4.74 Å². The molecule has 0 aliphatic carbocycles. The number of phenolic OH excluding ortho intramolecular Hbond substituents is 2. The number of fused-ring (bicyclic) bond motifs is 1. The zero-order valence-corrected chi connectivity index (χ0v) is 14.5. The Hall–Kier alpha value is -3.80. The molecule has 2 aromatic heterocycles. The Bertz CT molecular complexity index is 1160. The predicted octanol–water partition coefficient (Wildman–Crippen LogP) is 3.87. The number of carbonyl (C=O) groups is 1. The summed E-state index contributed by atoms with van der Waals surface area (Å²) in [6, 6.07) is 17.0. The van der Waals surface area contributed by atoms with Crippen LogP contribution in [0, 0.1) is 0 Å². The number of nitrogens with zero attached hydrogens (tertiary/aromatic N) is 2. The number of benzene rings is 2. The van der Waals surface area contributed by atoms with Crippen LogP contribution in [0.3, 0.4) is 0 Å². The second kappa shape index (κ2) is 6.49. The van der Waals surface area contributed by atoms with Gasteiger partial charge in [0.05, 0.1) is 23.8 Å². The van der Waals surface area contributed by atoms with Crippen LogP contribution in [0.5, 0.6) is 11.5 Å². The van der Waals surface area contributed by atoms with Crippen molar-refractivity contribution in [3.8, 4) is 34.1 Å². The van der Waals surface area contributed by atoms with Gasteiger partial charge in [0.2, 0.25) is 0 Å². The number of imidazole rings is 1. The SMILES string of the molecule is COC(=O)c1ccc(O)c(-c2nc(-c3ccccc3O)c3ccccn23)c1. The Morgan fingerprint density at radius 1 is 0.963 bits per heavy atom. The van der Waals surface area contributed by atoms with E-state index in [2.05, 4.69) is 4.98 Å². The van der Waals surface area contributed by atoms with Crippen molar-refractivity contribution in [1.82, 2.24) is 9.38 Å². The average Bonchev–Trinajstić information content (AvgIpc) is 3.07. The molecule has 0 atom stereocenters. The number of carbonyl (C=O) groups excluding carboxylic acids is 1. The van der Waals surface area contributed by atoms with Crippen molar-refractivity contribution in [3.63, 3.8) is 0 Å². The minimum absolute atomic E-state index is 0.0118. The van der Waals surface area contributed by atoms with Gasteiger partial charge in [0.15, 0.2) is 0 Å². The molecule has 0 saturated carbocycles. The van der Waals surface area contributed by atoms with Crippen LogP contribution in [-0.2, 0) is 4.74 Å².